The Bertz CT molecular complexity index is 772. The summed E-state index contributed by atoms with van der Waals surface area (Å²) in [5, 5.41) is 7.33. The number of nitrogens with zero attached hydrogens (tertiary/aromatic N) is 3. The van der Waals surface area contributed by atoms with Gasteiger partial charge in [-0.25, -0.2) is 8.42 Å². The average molecular weight is 306 g/mol. The summed E-state index contributed by atoms with van der Waals surface area (Å²) in [7, 11) is -3.66. The standard InChI is InChI=1S/C13H14N4O3S/c1-9-3-5-11(6-4-9)21(18,19)13-8-17(16-14-13)15-12-7-10(2)20-12/h3-6,8,12,15H,2,7H2,1H3. The highest BCUT2D eigenvalue weighted by Crippen LogP contribution is 2.22. The summed E-state index contributed by atoms with van der Waals surface area (Å²) < 4.78 is 30.0. The van der Waals surface area contributed by atoms with Crippen LogP contribution in [0.2, 0.25) is 0 Å². The number of nitrogens with one attached hydrogen (secondary N) is 1. The number of benzene rings is 1. The molecule has 1 fully saturated rings. The molecule has 21 heavy (non-hydrogen) atoms. The lowest BCUT2D eigenvalue weighted by atomic mass is 10.2. The first kappa shape index (κ1) is 13.6. The molecule has 1 unspecified atom stereocenters. The van der Waals surface area contributed by atoms with E-state index in [2.05, 4.69) is 22.3 Å². The van der Waals surface area contributed by atoms with Gasteiger partial charge in [-0.3, -0.25) is 5.43 Å². The van der Waals surface area contributed by atoms with Crippen molar-refractivity contribution in [2.24, 2.45) is 0 Å². The molecule has 1 N–H and O–H groups in total. The maximum atomic E-state index is 12.4. The Morgan fingerprint density at radius 2 is 2.05 bits per heavy atom. The van der Waals surface area contributed by atoms with Crippen LogP contribution < -0.4 is 5.43 Å². The van der Waals surface area contributed by atoms with Gasteiger partial charge < -0.3 is 4.74 Å². The maximum Gasteiger partial charge on any atom is 0.227 e. The largest absolute Gasteiger partial charge is 0.474 e. The topological polar surface area (TPSA) is 86.1 Å². The third kappa shape index (κ3) is 2.62. The fraction of sp³-hybridized carbons (Fsp3) is 0.231. The summed E-state index contributed by atoms with van der Waals surface area (Å²) in [5.74, 6) is 0.681. The smallest absolute Gasteiger partial charge is 0.227 e. The van der Waals surface area contributed by atoms with E-state index in [9.17, 15) is 8.42 Å². The molecule has 2 aromatic rings. The molecule has 8 heteroatoms. The molecular weight excluding hydrogens is 292 g/mol. The molecule has 1 saturated heterocycles. The Balaban J connectivity index is 1.81. The van der Waals surface area contributed by atoms with E-state index in [1.54, 1.807) is 24.3 Å². The van der Waals surface area contributed by atoms with Crippen LogP contribution in [0.25, 0.3) is 0 Å². The first-order valence-corrected chi connectivity index (χ1v) is 7.78. The predicted octanol–water partition coefficient (Wildman–Crippen LogP) is 1.22. The normalized spacial score (nSPS) is 18.0. The number of rotatable bonds is 4. The molecule has 0 bridgehead atoms. The van der Waals surface area contributed by atoms with Crippen LogP contribution in [-0.2, 0) is 14.6 Å². The van der Waals surface area contributed by atoms with Crippen molar-refractivity contribution in [1.82, 2.24) is 15.1 Å². The summed E-state index contributed by atoms with van der Waals surface area (Å²) in [6, 6.07) is 6.58. The summed E-state index contributed by atoms with van der Waals surface area (Å²) in [4.78, 5) is 1.42. The van der Waals surface area contributed by atoms with Crippen LogP contribution in [-0.4, -0.2) is 29.7 Å². The van der Waals surface area contributed by atoms with Crippen LogP contribution in [0.15, 0.2) is 52.7 Å². The molecule has 0 aliphatic carbocycles. The van der Waals surface area contributed by atoms with Gasteiger partial charge in [0.25, 0.3) is 0 Å². The average Bonchev–Trinajstić information content (AvgIpc) is 2.87. The second-order valence-electron chi connectivity index (χ2n) is 4.80. The van der Waals surface area contributed by atoms with Gasteiger partial charge in [0, 0.05) is 0 Å². The van der Waals surface area contributed by atoms with Crippen molar-refractivity contribution >= 4 is 9.84 Å². The van der Waals surface area contributed by atoms with E-state index in [1.165, 1.54) is 11.0 Å². The molecule has 7 nitrogen and oxygen atoms in total. The van der Waals surface area contributed by atoms with Gasteiger partial charge in [0.15, 0.2) is 6.23 Å². The first-order valence-electron chi connectivity index (χ1n) is 6.30. The summed E-state index contributed by atoms with van der Waals surface area (Å²) in [6.45, 7) is 5.53. The molecule has 1 aliphatic rings. The van der Waals surface area contributed by atoms with Gasteiger partial charge >= 0.3 is 0 Å². The second-order valence-corrected chi connectivity index (χ2v) is 6.69. The first-order chi connectivity index (χ1) is 9.95. The zero-order chi connectivity index (χ0) is 15.0. The van der Waals surface area contributed by atoms with E-state index in [-0.39, 0.29) is 16.1 Å². The van der Waals surface area contributed by atoms with Crippen molar-refractivity contribution in [2.45, 2.75) is 29.5 Å². The molecule has 1 aromatic carbocycles. The van der Waals surface area contributed by atoms with Gasteiger partial charge in [-0.1, -0.05) is 24.3 Å². The van der Waals surface area contributed by atoms with Crippen molar-refractivity contribution < 1.29 is 13.2 Å². The predicted molar refractivity (Wildman–Crippen MR) is 74.6 cm³/mol. The highest BCUT2D eigenvalue weighted by Gasteiger charge is 2.25. The van der Waals surface area contributed by atoms with Crippen LogP contribution in [0.1, 0.15) is 12.0 Å². The fourth-order valence-electron chi connectivity index (χ4n) is 1.89. The molecule has 1 atom stereocenters. The van der Waals surface area contributed by atoms with Crippen molar-refractivity contribution in [2.75, 3.05) is 5.43 Å². The molecule has 0 radical (unpaired) electrons. The highest BCUT2D eigenvalue weighted by atomic mass is 32.2. The minimum atomic E-state index is -3.66. The van der Waals surface area contributed by atoms with Crippen LogP contribution >= 0.6 is 0 Å². The van der Waals surface area contributed by atoms with Crippen LogP contribution in [0.4, 0.5) is 0 Å². The van der Waals surface area contributed by atoms with Crippen molar-refractivity contribution in [3.05, 3.63) is 48.4 Å². The van der Waals surface area contributed by atoms with E-state index in [0.29, 0.717) is 12.2 Å². The van der Waals surface area contributed by atoms with E-state index in [4.69, 9.17) is 4.74 Å². The summed E-state index contributed by atoms with van der Waals surface area (Å²) in [5.41, 5.74) is 3.85. The third-order valence-corrected chi connectivity index (χ3v) is 4.71. The highest BCUT2D eigenvalue weighted by molar-refractivity contribution is 7.91. The van der Waals surface area contributed by atoms with Gasteiger partial charge in [0.1, 0.15) is 0 Å². The third-order valence-electron chi connectivity index (χ3n) is 3.08. The number of aromatic nitrogens is 3. The van der Waals surface area contributed by atoms with E-state index >= 15 is 0 Å². The molecule has 0 spiro atoms. The lowest BCUT2D eigenvalue weighted by Gasteiger charge is -2.30. The van der Waals surface area contributed by atoms with Gasteiger partial charge in [0.2, 0.25) is 14.9 Å². The van der Waals surface area contributed by atoms with Crippen LogP contribution in [0.5, 0.6) is 0 Å². The minimum Gasteiger partial charge on any atom is -0.474 e. The van der Waals surface area contributed by atoms with E-state index in [1.807, 2.05) is 6.92 Å². The zero-order valence-electron chi connectivity index (χ0n) is 11.4. The Morgan fingerprint density at radius 1 is 1.38 bits per heavy atom. The zero-order valence-corrected chi connectivity index (χ0v) is 12.2. The lowest BCUT2D eigenvalue weighted by molar-refractivity contribution is 0.0317. The van der Waals surface area contributed by atoms with E-state index in [0.717, 1.165) is 5.56 Å². The minimum absolute atomic E-state index is 0.114. The Kier molecular flexibility index (Phi) is 3.17. The number of ether oxygens (including phenoxy) is 1. The number of sulfone groups is 1. The quantitative estimate of drug-likeness (QED) is 0.914. The fourth-order valence-corrected chi connectivity index (χ4v) is 3.01. The summed E-state index contributed by atoms with van der Waals surface area (Å²) >= 11 is 0. The lowest BCUT2D eigenvalue weighted by Crippen LogP contribution is -2.37. The van der Waals surface area contributed by atoms with Crippen molar-refractivity contribution in [3.8, 4) is 0 Å². The number of aryl methyl sites for hydroxylation is 1. The van der Waals surface area contributed by atoms with Crippen LogP contribution in [0, 0.1) is 6.92 Å². The molecule has 1 aromatic heterocycles. The number of hydrogen-bond donors (Lipinski definition) is 1. The molecule has 0 amide bonds. The molecule has 0 saturated carbocycles. The van der Waals surface area contributed by atoms with Crippen molar-refractivity contribution in [3.63, 3.8) is 0 Å². The Hall–Kier alpha value is -2.35. The number of hydrogen-bond acceptors (Lipinski definition) is 6. The molecule has 110 valence electrons. The van der Waals surface area contributed by atoms with Gasteiger partial charge in [-0.05, 0) is 24.3 Å². The monoisotopic (exact) mass is 306 g/mol. The maximum absolute atomic E-state index is 12.4. The van der Waals surface area contributed by atoms with Gasteiger partial charge in [-0.15, -0.1) is 5.10 Å². The van der Waals surface area contributed by atoms with Crippen LogP contribution in [0.3, 0.4) is 0 Å². The SMILES string of the molecule is C=C1CC(Nn2cc(S(=O)(=O)c3ccc(C)cc3)nn2)O1. The molecule has 3 rings (SSSR count). The van der Waals surface area contributed by atoms with E-state index < -0.39 is 9.84 Å². The van der Waals surface area contributed by atoms with Gasteiger partial charge in [0.05, 0.1) is 23.3 Å². The Morgan fingerprint density at radius 3 is 2.67 bits per heavy atom. The second kappa shape index (κ2) is 4.88. The van der Waals surface area contributed by atoms with Gasteiger partial charge in [-0.2, -0.15) is 4.79 Å². The Labute approximate surface area is 122 Å². The molecule has 2 heterocycles. The molecule has 1 aliphatic heterocycles. The molecular formula is C13H14N4O3S. The van der Waals surface area contributed by atoms with Crippen molar-refractivity contribution in [1.29, 1.82) is 0 Å². The summed E-state index contributed by atoms with van der Waals surface area (Å²) in [6.07, 6.45) is 1.72.